The molecule has 0 saturated carbocycles. The Labute approximate surface area is 208 Å². The first kappa shape index (κ1) is 32.9. The number of rotatable bonds is 29. The van der Waals surface area contributed by atoms with Crippen LogP contribution in [0.25, 0.3) is 0 Å². The summed E-state index contributed by atoms with van der Waals surface area (Å²) in [7, 11) is 0. The van der Waals surface area contributed by atoms with Crippen LogP contribution in [0, 0.1) is 0 Å². The zero-order valence-corrected chi connectivity index (χ0v) is 22.9. The number of aliphatic hydroxyl groups excluding tert-OH is 1. The molecule has 0 radical (unpaired) electrons. The van der Waals surface area contributed by atoms with E-state index in [1.165, 1.54) is 141 Å². The normalized spacial score (nSPS) is 12.5. The lowest BCUT2D eigenvalue weighted by atomic mass is 10.1. The Morgan fingerprint density at radius 1 is 0.424 bits per heavy atom. The topological polar surface area (TPSA) is 38.7 Å². The van der Waals surface area contributed by atoms with E-state index in [1.54, 1.807) is 0 Å². The van der Waals surface area contributed by atoms with Gasteiger partial charge in [-0.2, -0.15) is 0 Å². The second-order valence-electron chi connectivity index (χ2n) is 10.2. The zero-order valence-electron chi connectivity index (χ0n) is 22.9. The molecule has 0 aliphatic rings. The van der Waals surface area contributed by atoms with Gasteiger partial charge in [0.15, 0.2) is 6.29 Å². The Morgan fingerprint density at radius 3 is 1.09 bits per heavy atom. The molecule has 0 amide bonds. The molecule has 1 atom stereocenters. The Balaban J connectivity index is 3.13. The summed E-state index contributed by atoms with van der Waals surface area (Å²) in [5, 5.41) is 9.87. The maximum absolute atomic E-state index is 9.87. The minimum Gasteiger partial charge on any atom is -0.376 e. The Hall–Kier alpha value is -0.120. The fourth-order valence-corrected chi connectivity index (χ4v) is 4.44. The van der Waals surface area contributed by atoms with Crippen LogP contribution in [0.2, 0.25) is 0 Å². The average molecular weight is 471 g/mol. The standard InChI is InChI=1S/C30H62O3/c1-3-5-7-9-11-13-15-17-19-21-23-25-27-32-29-30(31)33-28-26-24-22-20-18-16-14-12-10-8-6-4-2/h30-31H,3-29H2,1-2H3/t30-/m1/s1. The van der Waals surface area contributed by atoms with Crippen molar-refractivity contribution in [3.05, 3.63) is 0 Å². The predicted octanol–water partition coefficient (Wildman–Crippen LogP) is 9.74. The molecule has 0 rings (SSSR count). The highest BCUT2D eigenvalue weighted by Crippen LogP contribution is 2.13. The lowest BCUT2D eigenvalue weighted by molar-refractivity contribution is -0.138. The van der Waals surface area contributed by atoms with Gasteiger partial charge >= 0.3 is 0 Å². The smallest absolute Gasteiger partial charge is 0.178 e. The van der Waals surface area contributed by atoms with E-state index in [4.69, 9.17) is 9.47 Å². The molecule has 0 aliphatic carbocycles. The van der Waals surface area contributed by atoms with Gasteiger partial charge in [0.25, 0.3) is 0 Å². The van der Waals surface area contributed by atoms with Gasteiger partial charge in [0, 0.05) is 13.2 Å². The van der Waals surface area contributed by atoms with Gasteiger partial charge in [-0.3, -0.25) is 0 Å². The van der Waals surface area contributed by atoms with Crippen LogP contribution in [0.3, 0.4) is 0 Å². The van der Waals surface area contributed by atoms with Crippen LogP contribution in [0.1, 0.15) is 168 Å². The molecule has 3 nitrogen and oxygen atoms in total. The van der Waals surface area contributed by atoms with Gasteiger partial charge < -0.3 is 14.6 Å². The van der Waals surface area contributed by atoms with E-state index in [2.05, 4.69) is 13.8 Å². The van der Waals surface area contributed by atoms with Crippen LogP contribution in [0.15, 0.2) is 0 Å². The van der Waals surface area contributed by atoms with Crippen molar-refractivity contribution in [3.8, 4) is 0 Å². The second kappa shape index (κ2) is 29.9. The molecule has 0 bridgehead atoms. The van der Waals surface area contributed by atoms with E-state index in [-0.39, 0.29) is 0 Å². The third kappa shape index (κ3) is 29.8. The molecule has 0 spiro atoms. The van der Waals surface area contributed by atoms with E-state index in [1.807, 2.05) is 0 Å². The largest absolute Gasteiger partial charge is 0.376 e. The van der Waals surface area contributed by atoms with Gasteiger partial charge in [0.2, 0.25) is 0 Å². The molecule has 1 N–H and O–H groups in total. The molecule has 0 aromatic heterocycles. The predicted molar refractivity (Wildman–Crippen MR) is 145 cm³/mol. The quantitative estimate of drug-likeness (QED) is 0.0873. The fourth-order valence-electron chi connectivity index (χ4n) is 4.44. The minimum atomic E-state index is -0.755. The van der Waals surface area contributed by atoms with Crippen molar-refractivity contribution in [1.29, 1.82) is 0 Å². The summed E-state index contributed by atoms with van der Waals surface area (Å²) in [6.07, 6.45) is 31.6. The van der Waals surface area contributed by atoms with Gasteiger partial charge in [-0.1, -0.05) is 155 Å². The summed E-state index contributed by atoms with van der Waals surface area (Å²) in [6.45, 7) is 6.27. The van der Waals surface area contributed by atoms with Crippen molar-refractivity contribution in [1.82, 2.24) is 0 Å². The van der Waals surface area contributed by atoms with Gasteiger partial charge in [-0.25, -0.2) is 0 Å². The van der Waals surface area contributed by atoms with Crippen molar-refractivity contribution in [2.24, 2.45) is 0 Å². The molecule has 0 fully saturated rings. The molecule has 3 heteroatoms. The van der Waals surface area contributed by atoms with Crippen molar-refractivity contribution < 1.29 is 14.6 Å². The molecule has 200 valence electrons. The SMILES string of the molecule is CCCCCCCCCCCCCCOC[C@H](O)OCCCCCCCCCCCCCC. The first-order valence-electron chi connectivity index (χ1n) is 15.2. The number of hydrogen-bond donors (Lipinski definition) is 1. The number of hydrogen-bond acceptors (Lipinski definition) is 3. The Morgan fingerprint density at radius 2 is 0.727 bits per heavy atom. The van der Waals surface area contributed by atoms with Crippen LogP contribution in [0.4, 0.5) is 0 Å². The third-order valence-corrected chi connectivity index (χ3v) is 6.71. The van der Waals surface area contributed by atoms with Crippen LogP contribution in [0.5, 0.6) is 0 Å². The first-order chi connectivity index (χ1) is 16.3. The summed E-state index contributed by atoms with van der Waals surface area (Å²) in [4.78, 5) is 0. The molecule has 0 aliphatic heterocycles. The summed E-state index contributed by atoms with van der Waals surface area (Å²) >= 11 is 0. The molecule has 0 saturated heterocycles. The van der Waals surface area contributed by atoms with Crippen LogP contribution in [-0.4, -0.2) is 31.2 Å². The summed E-state index contributed by atoms with van der Waals surface area (Å²) in [5.41, 5.74) is 0. The second-order valence-corrected chi connectivity index (χ2v) is 10.2. The number of ether oxygens (including phenoxy) is 2. The summed E-state index contributed by atoms with van der Waals surface area (Å²) in [5.74, 6) is 0. The molecule has 0 unspecified atom stereocenters. The Kier molecular flexibility index (Phi) is 29.8. The van der Waals surface area contributed by atoms with Crippen LogP contribution >= 0.6 is 0 Å². The molecule has 33 heavy (non-hydrogen) atoms. The number of aliphatic hydroxyl groups is 1. The molecule has 0 aromatic carbocycles. The first-order valence-corrected chi connectivity index (χ1v) is 15.2. The number of unbranched alkanes of at least 4 members (excludes halogenated alkanes) is 22. The molecular formula is C30H62O3. The molecular weight excluding hydrogens is 408 g/mol. The van der Waals surface area contributed by atoms with Gasteiger partial charge in [0.05, 0.1) is 6.61 Å². The third-order valence-electron chi connectivity index (χ3n) is 6.71. The maximum Gasteiger partial charge on any atom is 0.178 e. The zero-order chi connectivity index (χ0) is 24.1. The summed E-state index contributed by atoms with van der Waals surface area (Å²) < 4.78 is 11.1. The van der Waals surface area contributed by atoms with Crippen molar-refractivity contribution in [2.75, 3.05) is 19.8 Å². The van der Waals surface area contributed by atoms with Crippen LogP contribution < -0.4 is 0 Å². The van der Waals surface area contributed by atoms with E-state index in [0.29, 0.717) is 13.2 Å². The van der Waals surface area contributed by atoms with Gasteiger partial charge in [-0.15, -0.1) is 0 Å². The van der Waals surface area contributed by atoms with E-state index >= 15 is 0 Å². The van der Waals surface area contributed by atoms with E-state index < -0.39 is 6.29 Å². The highest BCUT2D eigenvalue weighted by molar-refractivity contribution is 4.50. The van der Waals surface area contributed by atoms with Gasteiger partial charge in [0.1, 0.15) is 0 Å². The van der Waals surface area contributed by atoms with E-state index in [0.717, 1.165) is 19.4 Å². The fraction of sp³-hybridized carbons (Fsp3) is 1.00. The van der Waals surface area contributed by atoms with Crippen molar-refractivity contribution in [3.63, 3.8) is 0 Å². The molecule has 0 aromatic rings. The summed E-state index contributed by atoms with van der Waals surface area (Å²) in [6, 6.07) is 0. The van der Waals surface area contributed by atoms with Gasteiger partial charge in [-0.05, 0) is 12.8 Å². The highest BCUT2D eigenvalue weighted by atomic mass is 16.6. The average Bonchev–Trinajstić information content (AvgIpc) is 2.82. The highest BCUT2D eigenvalue weighted by Gasteiger charge is 2.04. The van der Waals surface area contributed by atoms with Crippen molar-refractivity contribution in [2.45, 2.75) is 174 Å². The van der Waals surface area contributed by atoms with Crippen LogP contribution in [-0.2, 0) is 9.47 Å². The Bertz CT molecular complexity index is 335. The lowest BCUT2D eigenvalue weighted by Gasteiger charge is -2.12. The maximum atomic E-state index is 9.87. The minimum absolute atomic E-state index is 0.316. The molecule has 0 heterocycles. The van der Waals surface area contributed by atoms with Crippen molar-refractivity contribution >= 4 is 0 Å². The lowest BCUT2D eigenvalue weighted by Crippen LogP contribution is -2.20. The van der Waals surface area contributed by atoms with E-state index in [9.17, 15) is 5.11 Å². The monoisotopic (exact) mass is 470 g/mol.